The van der Waals surface area contributed by atoms with Crippen LogP contribution in [0.2, 0.25) is 0 Å². The number of rotatable bonds is 2. The first kappa shape index (κ1) is 13.3. The molecule has 108 valence electrons. The SMILES string of the molecule is CC(=O)C1CC(c2nccc3onc(N)c23)=C(F)C=C1N. The number of Topliss-reactive ketones (excluding diaryl/α,β-unsaturated/α-hetero) is 1. The zero-order valence-corrected chi connectivity index (χ0v) is 11.3. The summed E-state index contributed by atoms with van der Waals surface area (Å²) in [6.45, 7) is 1.42. The van der Waals surface area contributed by atoms with Gasteiger partial charge in [0.25, 0.3) is 0 Å². The fourth-order valence-electron chi connectivity index (χ4n) is 2.48. The van der Waals surface area contributed by atoms with Gasteiger partial charge in [0, 0.05) is 23.5 Å². The second-order valence-corrected chi connectivity index (χ2v) is 4.94. The number of hydrogen-bond donors (Lipinski definition) is 2. The zero-order valence-electron chi connectivity index (χ0n) is 11.3. The van der Waals surface area contributed by atoms with E-state index >= 15 is 0 Å². The number of carbonyl (C=O) groups is 1. The minimum Gasteiger partial charge on any atom is -0.401 e. The van der Waals surface area contributed by atoms with Crippen LogP contribution in [0.15, 0.2) is 34.4 Å². The molecule has 0 aliphatic heterocycles. The topological polar surface area (TPSA) is 108 Å². The molecule has 3 rings (SSSR count). The van der Waals surface area contributed by atoms with Gasteiger partial charge in [0.05, 0.1) is 17.0 Å². The van der Waals surface area contributed by atoms with Crippen LogP contribution in [-0.4, -0.2) is 15.9 Å². The van der Waals surface area contributed by atoms with E-state index in [2.05, 4.69) is 10.1 Å². The summed E-state index contributed by atoms with van der Waals surface area (Å²) in [5, 5.41) is 4.10. The molecule has 2 aromatic rings. The minimum absolute atomic E-state index is 0.126. The summed E-state index contributed by atoms with van der Waals surface area (Å²) in [4.78, 5) is 15.8. The van der Waals surface area contributed by atoms with Gasteiger partial charge in [0.1, 0.15) is 11.6 Å². The van der Waals surface area contributed by atoms with Crippen LogP contribution in [0.25, 0.3) is 16.5 Å². The molecule has 4 N–H and O–H groups in total. The van der Waals surface area contributed by atoms with Crippen molar-refractivity contribution in [3.05, 3.63) is 35.6 Å². The maximum Gasteiger partial charge on any atom is 0.176 e. The van der Waals surface area contributed by atoms with Gasteiger partial charge < -0.3 is 16.0 Å². The summed E-state index contributed by atoms with van der Waals surface area (Å²) in [6, 6.07) is 1.59. The number of nitrogens with two attached hydrogens (primary N) is 2. The number of fused-ring (bicyclic) bond motifs is 1. The van der Waals surface area contributed by atoms with Gasteiger partial charge in [0.2, 0.25) is 0 Å². The molecule has 7 heteroatoms. The van der Waals surface area contributed by atoms with Crippen molar-refractivity contribution in [2.45, 2.75) is 13.3 Å². The molecule has 0 saturated carbocycles. The van der Waals surface area contributed by atoms with E-state index in [9.17, 15) is 9.18 Å². The third-order valence-corrected chi connectivity index (χ3v) is 3.58. The number of hydrogen-bond acceptors (Lipinski definition) is 6. The first-order valence-electron chi connectivity index (χ1n) is 6.35. The van der Waals surface area contributed by atoms with Crippen LogP contribution in [0.1, 0.15) is 19.0 Å². The average Bonchev–Trinajstić information content (AvgIpc) is 2.80. The minimum atomic E-state index is -0.558. The number of pyridine rings is 1. The summed E-state index contributed by atoms with van der Waals surface area (Å²) in [6.07, 6.45) is 2.78. The molecular formula is C14H13FN4O2. The third-order valence-electron chi connectivity index (χ3n) is 3.58. The first-order valence-corrected chi connectivity index (χ1v) is 6.35. The van der Waals surface area contributed by atoms with E-state index in [0.29, 0.717) is 16.7 Å². The fourth-order valence-corrected chi connectivity index (χ4v) is 2.48. The quantitative estimate of drug-likeness (QED) is 0.874. The Kier molecular flexibility index (Phi) is 2.97. The van der Waals surface area contributed by atoms with E-state index in [0.717, 1.165) is 6.08 Å². The number of aromatic nitrogens is 2. The summed E-state index contributed by atoms with van der Waals surface area (Å²) < 4.78 is 19.3. The van der Waals surface area contributed by atoms with Gasteiger partial charge in [-0.2, -0.15) is 0 Å². The molecule has 1 aliphatic rings. The van der Waals surface area contributed by atoms with E-state index in [4.69, 9.17) is 16.0 Å². The van der Waals surface area contributed by atoms with Crippen LogP contribution >= 0.6 is 0 Å². The van der Waals surface area contributed by atoms with Crippen molar-refractivity contribution in [3.63, 3.8) is 0 Å². The molecule has 6 nitrogen and oxygen atoms in total. The van der Waals surface area contributed by atoms with E-state index in [1.54, 1.807) is 6.07 Å². The molecule has 1 unspecified atom stereocenters. The molecule has 0 aromatic carbocycles. The van der Waals surface area contributed by atoms with Crippen molar-refractivity contribution in [1.82, 2.24) is 10.1 Å². The van der Waals surface area contributed by atoms with Gasteiger partial charge in [-0.25, -0.2) is 4.39 Å². The van der Waals surface area contributed by atoms with Crippen LogP contribution in [-0.2, 0) is 4.79 Å². The van der Waals surface area contributed by atoms with Crippen molar-refractivity contribution in [3.8, 4) is 0 Å². The van der Waals surface area contributed by atoms with Crippen LogP contribution in [0.4, 0.5) is 10.2 Å². The largest absolute Gasteiger partial charge is 0.401 e. The second kappa shape index (κ2) is 4.69. The maximum absolute atomic E-state index is 14.3. The number of halogens is 1. The molecule has 0 amide bonds. The summed E-state index contributed by atoms with van der Waals surface area (Å²) in [5.41, 5.74) is 12.7. The molecule has 0 fully saturated rings. The van der Waals surface area contributed by atoms with Crippen molar-refractivity contribution in [2.24, 2.45) is 11.7 Å². The molecule has 2 aromatic heterocycles. The Bertz CT molecular complexity index is 806. The number of allylic oxidation sites excluding steroid dienone is 4. The highest BCUT2D eigenvalue weighted by atomic mass is 19.1. The normalized spacial score (nSPS) is 19.0. The van der Waals surface area contributed by atoms with Crippen molar-refractivity contribution >= 4 is 28.1 Å². The van der Waals surface area contributed by atoms with Crippen LogP contribution < -0.4 is 11.5 Å². The van der Waals surface area contributed by atoms with Crippen LogP contribution in [0.3, 0.4) is 0 Å². The van der Waals surface area contributed by atoms with Crippen LogP contribution in [0, 0.1) is 5.92 Å². The summed E-state index contributed by atoms with van der Waals surface area (Å²) >= 11 is 0. The number of nitrogen functional groups attached to an aromatic ring is 1. The Morgan fingerprint density at radius 2 is 2.24 bits per heavy atom. The van der Waals surface area contributed by atoms with E-state index in [1.807, 2.05) is 0 Å². The standard InChI is InChI=1S/C14H13FN4O2/c1-6(20)7-4-8(9(15)5-10(7)16)13-12-11(2-3-18-13)21-19-14(12)17/h2-3,5,7H,4,16H2,1H3,(H2,17,19). The smallest absolute Gasteiger partial charge is 0.176 e. The molecule has 0 radical (unpaired) electrons. The van der Waals surface area contributed by atoms with Crippen LogP contribution in [0.5, 0.6) is 0 Å². The Morgan fingerprint density at radius 1 is 1.48 bits per heavy atom. The van der Waals surface area contributed by atoms with Crippen molar-refractivity contribution in [2.75, 3.05) is 5.73 Å². The maximum atomic E-state index is 14.3. The second-order valence-electron chi connectivity index (χ2n) is 4.94. The van der Waals surface area contributed by atoms with Gasteiger partial charge in [-0.3, -0.25) is 9.78 Å². The summed E-state index contributed by atoms with van der Waals surface area (Å²) in [7, 11) is 0. The lowest BCUT2D eigenvalue weighted by molar-refractivity contribution is -0.119. The number of anilines is 1. The highest BCUT2D eigenvalue weighted by Gasteiger charge is 2.28. The Morgan fingerprint density at radius 3 is 2.95 bits per heavy atom. The van der Waals surface area contributed by atoms with E-state index in [1.165, 1.54) is 13.1 Å². The summed E-state index contributed by atoms with van der Waals surface area (Å²) in [5.74, 6) is -1.07. The highest BCUT2D eigenvalue weighted by Crippen LogP contribution is 2.38. The van der Waals surface area contributed by atoms with Gasteiger partial charge in [-0.05, 0) is 19.4 Å². The molecule has 1 atom stereocenters. The lowest BCUT2D eigenvalue weighted by Crippen LogP contribution is -2.23. The predicted octanol–water partition coefficient (Wildman–Crippen LogP) is 1.94. The Labute approximate surface area is 119 Å². The highest BCUT2D eigenvalue weighted by molar-refractivity contribution is 5.97. The Balaban J connectivity index is 2.20. The van der Waals surface area contributed by atoms with Gasteiger partial charge >= 0.3 is 0 Å². The van der Waals surface area contributed by atoms with E-state index in [-0.39, 0.29) is 29.3 Å². The number of carbonyl (C=O) groups excluding carboxylic acids is 1. The first-order chi connectivity index (χ1) is 9.99. The van der Waals surface area contributed by atoms with Crippen molar-refractivity contribution in [1.29, 1.82) is 0 Å². The lowest BCUT2D eigenvalue weighted by atomic mass is 9.86. The predicted molar refractivity (Wildman–Crippen MR) is 75.3 cm³/mol. The van der Waals surface area contributed by atoms with Gasteiger partial charge in [-0.1, -0.05) is 5.16 Å². The third kappa shape index (κ3) is 2.06. The number of nitrogens with zero attached hydrogens (tertiary/aromatic N) is 2. The molecular weight excluding hydrogens is 275 g/mol. The molecule has 21 heavy (non-hydrogen) atoms. The molecule has 2 heterocycles. The molecule has 0 saturated heterocycles. The lowest BCUT2D eigenvalue weighted by Gasteiger charge is -2.21. The Hall–Kier alpha value is -2.70. The van der Waals surface area contributed by atoms with Gasteiger partial charge in [-0.15, -0.1) is 0 Å². The van der Waals surface area contributed by atoms with Gasteiger partial charge in [0.15, 0.2) is 11.4 Å². The fraction of sp³-hybridized carbons (Fsp3) is 0.214. The molecule has 0 spiro atoms. The average molecular weight is 288 g/mol. The van der Waals surface area contributed by atoms with Crippen molar-refractivity contribution < 1.29 is 13.7 Å². The monoisotopic (exact) mass is 288 g/mol. The molecule has 1 aliphatic carbocycles. The molecule has 0 bridgehead atoms. The van der Waals surface area contributed by atoms with E-state index < -0.39 is 11.7 Å². The zero-order chi connectivity index (χ0) is 15.1. The number of ketones is 1.